The van der Waals surface area contributed by atoms with Crippen molar-refractivity contribution in [1.82, 2.24) is 0 Å². The Morgan fingerprint density at radius 1 is 0.833 bits per heavy atom. The Balaban J connectivity index is 2.76. The molecule has 70 valence electrons. The van der Waals surface area contributed by atoms with Gasteiger partial charge in [-0.1, -0.05) is 45.4 Å². The zero-order valence-corrected chi connectivity index (χ0v) is 9.18. The molecule has 1 rings (SSSR count). The van der Waals surface area contributed by atoms with Crippen LogP contribution in [-0.4, -0.2) is 0 Å². The molecular weight excluding hydrogens is 168 g/mol. The lowest BCUT2D eigenvalue weighted by molar-refractivity contribution is 0.352. The zero-order valence-electron chi connectivity index (χ0n) is 8.42. The van der Waals surface area contributed by atoms with E-state index in [1.54, 1.807) is 5.54 Å². The molecule has 1 heteroatoms. The van der Waals surface area contributed by atoms with Gasteiger partial charge in [-0.25, -0.2) is 0 Å². The molecule has 0 N–H and O–H groups in total. The van der Waals surface area contributed by atoms with Crippen molar-refractivity contribution in [2.45, 2.75) is 27.7 Å². The largest absolute Gasteiger partial charge is 0.0933 e. The Kier molecular flexibility index (Phi) is 3.22. The maximum Gasteiger partial charge on any atom is 0.000546 e. The van der Waals surface area contributed by atoms with Gasteiger partial charge in [0, 0.05) is 5.54 Å². The van der Waals surface area contributed by atoms with Gasteiger partial charge in [0.25, 0.3) is 0 Å². The van der Waals surface area contributed by atoms with Crippen LogP contribution < -0.4 is 0 Å². The van der Waals surface area contributed by atoms with Crippen molar-refractivity contribution in [3.8, 4) is 0 Å². The van der Waals surface area contributed by atoms with E-state index in [9.17, 15) is 0 Å². The van der Waals surface area contributed by atoms with E-state index in [-0.39, 0.29) is 0 Å². The highest BCUT2D eigenvalue weighted by atomic mass is 35.5. The van der Waals surface area contributed by atoms with Crippen LogP contribution in [-0.2, 0) is 0 Å². The minimum atomic E-state index is 0.687. The summed E-state index contributed by atoms with van der Waals surface area (Å²) in [4.78, 5) is 0. The van der Waals surface area contributed by atoms with E-state index in [4.69, 9.17) is 11.6 Å². The normalized spacial score (nSPS) is 48.9. The molecule has 0 aromatic heterocycles. The summed E-state index contributed by atoms with van der Waals surface area (Å²) in [5, 5.41) is 0. The van der Waals surface area contributed by atoms with Gasteiger partial charge < -0.3 is 0 Å². The van der Waals surface area contributed by atoms with E-state index in [0.29, 0.717) is 5.92 Å². The Bertz CT molecular complexity index is 160. The van der Waals surface area contributed by atoms with Gasteiger partial charge in [0.2, 0.25) is 0 Å². The highest BCUT2D eigenvalue weighted by molar-refractivity contribution is 6.25. The summed E-state index contributed by atoms with van der Waals surface area (Å²) in [6, 6.07) is 0. The lowest BCUT2D eigenvalue weighted by Gasteiger charge is -2.16. The summed E-state index contributed by atoms with van der Waals surface area (Å²) >= 11 is 5.63. The molecule has 0 radical (unpaired) electrons. The summed E-state index contributed by atoms with van der Waals surface area (Å²) < 4.78 is 0. The molecule has 0 nitrogen and oxygen atoms in total. The molecule has 4 unspecified atom stereocenters. The molecule has 0 aromatic rings. The van der Waals surface area contributed by atoms with E-state index in [1.807, 2.05) is 0 Å². The number of hydrogen-bond acceptors (Lipinski definition) is 0. The fourth-order valence-electron chi connectivity index (χ4n) is 2.57. The summed E-state index contributed by atoms with van der Waals surface area (Å²) in [5.74, 6) is 3.92. The Morgan fingerprint density at radius 2 is 1.25 bits per heavy atom. The van der Waals surface area contributed by atoms with Gasteiger partial charge in [-0.3, -0.25) is 0 Å². The number of hydrogen-bond donors (Lipinski definition) is 0. The van der Waals surface area contributed by atoms with Crippen LogP contribution in [0.4, 0.5) is 0 Å². The first-order chi connectivity index (χ1) is 5.59. The van der Waals surface area contributed by atoms with Crippen molar-refractivity contribution < 1.29 is 0 Å². The van der Waals surface area contributed by atoms with Crippen LogP contribution in [0.1, 0.15) is 27.7 Å². The quantitative estimate of drug-likeness (QED) is 0.583. The van der Waals surface area contributed by atoms with Gasteiger partial charge in [-0.2, -0.15) is 0 Å². The molecule has 1 fully saturated rings. The Labute approximate surface area is 81.0 Å². The van der Waals surface area contributed by atoms with Crippen LogP contribution in [0.3, 0.4) is 0 Å². The standard InChI is InChI=1S/C11H19Cl/c1-7-8(2)10(4)11(5-6-12)9(7)3/h5-11H,1-4H3/b6-5+. The van der Waals surface area contributed by atoms with Crippen molar-refractivity contribution >= 4 is 11.6 Å². The molecule has 0 heterocycles. The number of allylic oxidation sites excluding steroid dienone is 1. The second-order valence-electron chi connectivity index (χ2n) is 4.33. The van der Waals surface area contributed by atoms with E-state index in [2.05, 4.69) is 33.8 Å². The zero-order chi connectivity index (χ0) is 9.30. The lowest BCUT2D eigenvalue weighted by atomic mass is 9.90. The van der Waals surface area contributed by atoms with Crippen molar-refractivity contribution in [1.29, 1.82) is 0 Å². The van der Waals surface area contributed by atoms with Gasteiger partial charge in [0.1, 0.15) is 0 Å². The summed E-state index contributed by atoms with van der Waals surface area (Å²) in [6.07, 6.45) is 2.16. The van der Waals surface area contributed by atoms with Crippen LogP contribution in [0.2, 0.25) is 0 Å². The van der Waals surface area contributed by atoms with E-state index >= 15 is 0 Å². The van der Waals surface area contributed by atoms with Crippen LogP contribution in [0.5, 0.6) is 0 Å². The summed E-state index contributed by atoms with van der Waals surface area (Å²) in [6.45, 7) is 9.39. The fraction of sp³-hybridized carbons (Fsp3) is 0.818. The minimum Gasteiger partial charge on any atom is -0.0933 e. The first-order valence-electron chi connectivity index (χ1n) is 4.86. The molecule has 1 aliphatic carbocycles. The first-order valence-corrected chi connectivity index (χ1v) is 5.30. The smallest absolute Gasteiger partial charge is 0.000546 e. The molecule has 1 aliphatic rings. The highest BCUT2D eigenvalue weighted by Crippen LogP contribution is 2.45. The van der Waals surface area contributed by atoms with Gasteiger partial charge in [0.05, 0.1) is 0 Å². The second-order valence-corrected chi connectivity index (χ2v) is 4.58. The third-order valence-electron chi connectivity index (χ3n) is 4.00. The van der Waals surface area contributed by atoms with Crippen LogP contribution in [0.25, 0.3) is 0 Å². The van der Waals surface area contributed by atoms with E-state index < -0.39 is 0 Å². The Hall–Kier alpha value is 0.0300. The summed E-state index contributed by atoms with van der Waals surface area (Å²) in [5.41, 5.74) is 1.68. The minimum absolute atomic E-state index is 0.687. The van der Waals surface area contributed by atoms with Crippen molar-refractivity contribution in [3.63, 3.8) is 0 Å². The lowest BCUT2D eigenvalue weighted by Crippen LogP contribution is -2.09. The predicted molar refractivity (Wildman–Crippen MR) is 55.1 cm³/mol. The third kappa shape index (κ3) is 1.54. The molecule has 0 aliphatic heterocycles. The molecule has 1 saturated carbocycles. The molecule has 4 atom stereocenters. The van der Waals surface area contributed by atoms with Crippen molar-refractivity contribution in [2.75, 3.05) is 0 Å². The molecule has 0 aromatic carbocycles. The average molecular weight is 187 g/mol. The van der Waals surface area contributed by atoms with E-state index in [1.165, 1.54) is 0 Å². The molecule has 0 amide bonds. The maximum atomic E-state index is 5.63. The number of halogens is 1. The van der Waals surface area contributed by atoms with Crippen LogP contribution >= 0.6 is 11.6 Å². The van der Waals surface area contributed by atoms with Crippen LogP contribution in [0.15, 0.2) is 11.6 Å². The average Bonchev–Trinajstić information content (AvgIpc) is 2.23. The molecule has 0 spiro atoms. The Morgan fingerprint density at radius 3 is 1.58 bits per heavy atom. The van der Waals surface area contributed by atoms with Crippen LogP contribution in [0, 0.1) is 29.6 Å². The topological polar surface area (TPSA) is 0 Å². The fourth-order valence-corrected chi connectivity index (χ4v) is 2.74. The number of rotatable bonds is 1. The second kappa shape index (κ2) is 3.83. The third-order valence-corrected chi connectivity index (χ3v) is 4.14. The molecular formula is C11H19Cl. The van der Waals surface area contributed by atoms with Gasteiger partial charge in [-0.05, 0) is 29.6 Å². The SMILES string of the molecule is CC1C(C)C(C)C(/C=C/Cl)C1C. The van der Waals surface area contributed by atoms with Gasteiger partial charge in [-0.15, -0.1) is 0 Å². The predicted octanol–water partition coefficient (Wildman–Crippen LogP) is 3.91. The molecule has 12 heavy (non-hydrogen) atoms. The summed E-state index contributed by atoms with van der Waals surface area (Å²) in [7, 11) is 0. The first kappa shape index (κ1) is 10.1. The van der Waals surface area contributed by atoms with E-state index in [0.717, 1.165) is 23.7 Å². The van der Waals surface area contributed by atoms with Crippen molar-refractivity contribution in [3.05, 3.63) is 11.6 Å². The van der Waals surface area contributed by atoms with Crippen molar-refractivity contribution in [2.24, 2.45) is 29.6 Å². The molecule has 0 bridgehead atoms. The molecule has 0 saturated heterocycles. The van der Waals surface area contributed by atoms with Gasteiger partial charge >= 0.3 is 0 Å². The highest BCUT2D eigenvalue weighted by Gasteiger charge is 2.39. The monoisotopic (exact) mass is 186 g/mol. The maximum absolute atomic E-state index is 5.63. The van der Waals surface area contributed by atoms with Gasteiger partial charge in [0.15, 0.2) is 0 Å².